The number of hydrogen-bond donors (Lipinski definition) is 1. The fourth-order valence-corrected chi connectivity index (χ4v) is 4.77. The van der Waals surface area contributed by atoms with Gasteiger partial charge in [-0.2, -0.15) is 4.98 Å². The Hall–Kier alpha value is -3.45. The van der Waals surface area contributed by atoms with Crippen molar-refractivity contribution >= 4 is 22.5 Å². The lowest BCUT2D eigenvalue weighted by Gasteiger charge is -2.42. The Morgan fingerprint density at radius 1 is 1.31 bits per heavy atom. The molecule has 2 aliphatic rings. The van der Waals surface area contributed by atoms with E-state index >= 15 is 0 Å². The topological polar surface area (TPSA) is 94.6 Å². The fraction of sp³-hybridized carbons (Fsp3) is 0.478. The molecule has 2 aliphatic heterocycles. The average molecular weight is 504 g/mol. The van der Waals surface area contributed by atoms with E-state index in [0.717, 1.165) is 11.2 Å². The predicted molar refractivity (Wildman–Crippen MR) is 125 cm³/mol. The molecule has 2 saturated heterocycles. The van der Waals surface area contributed by atoms with Crippen LogP contribution in [0.15, 0.2) is 30.4 Å². The summed E-state index contributed by atoms with van der Waals surface area (Å²) in [4.78, 5) is 6.57. The van der Waals surface area contributed by atoms with Crippen molar-refractivity contribution in [3.8, 4) is 17.0 Å². The van der Waals surface area contributed by atoms with E-state index in [0.29, 0.717) is 53.9 Å². The molecule has 0 spiro atoms. The Morgan fingerprint density at radius 3 is 2.89 bits per heavy atom. The van der Waals surface area contributed by atoms with Gasteiger partial charge in [-0.05, 0) is 30.2 Å². The van der Waals surface area contributed by atoms with Gasteiger partial charge >= 0.3 is 0 Å². The standard InChI is InChI=1S/C23H25F3N8O2/c1-35-22-21-15(13-2-3-18-19(8-13)34(31-29-18)10-20(25)26)4-7-33(21)30-23(28-22)27-17-5-6-32(9-16(17)24)14-11-36-12-14/h2-4,7-8,14,16-17,20H,5-6,9-12H2,1H3,(H,27,30)/t16-,17+/m0/s1/i7D. The highest BCUT2D eigenvalue weighted by Gasteiger charge is 2.35. The molecule has 5 heterocycles. The Kier molecular flexibility index (Phi) is 5.58. The van der Waals surface area contributed by atoms with E-state index in [9.17, 15) is 13.2 Å². The van der Waals surface area contributed by atoms with Crippen LogP contribution in [0.1, 0.15) is 7.79 Å². The molecule has 2 fully saturated rings. The second kappa shape index (κ2) is 9.21. The summed E-state index contributed by atoms with van der Waals surface area (Å²) >= 11 is 0. The number of piperidine rings is 1. The normalized spacial score (nSPS) is 21.8. The number of alkyl halides is 3. The van der Waals surface area contributed by atoms with Crippen LogP contribution in [-0.2, 0) is 11.3 Å². The van der Waals surface area contributed by atoms with Gasteiger partial charge in [0.1, 0.15) is 23.7 Å². The Bertz CT molecular complexity index is 1440. The molecule has 1 aromatic carbocycles. The number of halogens is 3. The number of benzene rings is 1. The van der Waals surface area contributed by atoms with Gasteiger partial charge in [-0.25, -0.2) is 22.4 Å². The van der Waals surface area contributed by atoms with Gasteiger partial charge in [0.2, 0.25) is 11.8 Å². The summed E-state index contributed by atoms with van der Waals surface area (Å²) in [5, 5.41) is 15.3. The maximum absolute atomic E-state index is 15.0. The smallest absolute Gasteiger partial charge is 0.258 e. The van der Waals surface area contributed by atoms with Crippen LogP contribution >= 0.6 is 0 Å². The van der Waals surface area contributed by atoms with Gasteiger partial charge in [-0.3, -0.25) is 4.90 Å². The highest BCUT2D eigenvalue weighted by molar-refractivity contribution is 5.89. The van der Waals surface area contributed by atoms with Crippen LogP contribution < -0.4 is 10.1 Å². The molecule has 0 amide bonds. The predicted octanol–water partition coefficient (Wildman–Crippen LogP) is 2.64. The Labute approximate surface area is 205 Å². The molecule has 36 heavy (non-hydrogen) atoms. The zero-order valence-electron chi connectivity index (χ0n) is 20.4. The minimum Gasteiger partial charge on any atom is -0.479 e. The quantitative estimate of drug-likeness (QED) is 0.412. The molecule has 10 nitrogen and oxygen atoms in total. The zero-order valence-corrected chi connectivity index (χ0v) is 19.4. The molecular weight excluding hydrogens is 477 g/mol. The Morgan fingerprint density at radius 2 is 2.17 bits per heavy atom. The maximum Gasteiger partial charge on any atom is 0.258 e. The number of nitrogens with one attached hydrogen (secondary N) is 1. The van der Waals surface area contributed by atoms with Crippen LogP contribution in [0.25, 0.3) is 27.7 Å². The van der Waals surface area contributed by atoms with Crippen molar-refractivity contribution in [3.63, 3.8) is 0 Å². The molecule has 0 bridgehead atoms. The summed E-state index contributed by atoms with van der Waals surface area (Å²) in [5.74, 6) is 0.354. The number of fused-ring (bicyclic) bond motifs is 2. The number of hydrogen-bond acceptors (Lipinski definition) is 8. The lowest BCUT2D eigenvalue weighted by Crippen LogP contribution is -2.57. The molecule has 6 rings (SSSR count). The minimum absolute atomic E-state index is 0.0599. The van der Waals surface area contributed by atoms with Gasteiger partial charge in [0.25, 0.3) is 6.43 Å². The summed E-state index contributed by atoms with van der Waals surface area (Å²) < 4.78 is 62.7. The zero-order chi connectivity index (χ0) is 25.7. The van der Waals surface area contributed by atoms with E-state index < -0.39 is 25.2 Å². The monoisotopic (exact) mass is 503 g/mol. The maximum atomic E-state index is 15.0. The van der Waals surface area contributed by atoms with Crippen molar-refractivity contribution < 1.29 is 24.0 Å². The number of likely N-dealkylation sites (tertiary alicyclic amines) is 1. The number of nitrogens with zero attached hydrogens (tertiary/aromatic N) is 7. The van der Waals surface area contributed by atoms with Crippen LogP contribution in [0.2, 0.25) is 0 Å². The van der Waals surface area contributed by atoms with Crippen molar-refractivity contribution in [1.29, 1.82) is 0 Å². The van der Waals surface area contributed by atoms with E-state index in [1.807, 2.05) is 0 Å². The van der Waals surface area contributed by atoms with Crippen molar-refractivity contribution in [3.05, 3.63) is 30.4 Å². The highest BCUT2D eigenvalue weighted by atomic mass is 19.3. The second-order valence-corrected chi connectivity index (χ2v) is 9.00. The fourth-order valence-electron chi connectivity index (χ4n) is 4.77. The molecular formula is C23H25F3N8O2. The molecule has 3 aromatic heterocycles. The number of ether oxygens (including phenoxy) is 2. The molecule has 0 saturated carbocycles. The summed E-state index contributed by atoms with van der Waals surface area (Å²) in [5.41, 5.74) is 2.57. The summed E-state index contributed by atoms with van der Waals surface area (Å²) in [7, 11) is 1.45. The third-order valence-electron chi connectivity index (χ3n) is 6.76. The summed E-state index contributed by atoms with van der Waals surface area (Å²) in [6.45, 7) is 1.75. The van der Waals surface area contributed by atoms with E-state index in [2.05, 4.69) is 30.6 Å². The molecule has 190 valence electrons. The lowest BCUT2D eigenvalue weighted by atomic mass is 10.0. The molecule has 0 aliphatic carbocycles. The van der Waals surface area contributed by atoms with E-state index in [-0.39, 0.29) is 24.0 Å². The lowest BCUT2D eigenvalue weighted by molar-refractivity contribution is -0.0794. The SMILES string of the molecule is [2H]c1cc(-c2ccc3nnn(CC(F)F)c3c2)c2c(OC)nc(N[C@@H]3CCN(C4COC4)C[C@@H]3F)nn12. The van der Waals surface area contributed by atoms with E-state index in [1.54, 1.807) is 24.3 Å². The van der Waals surface area contributed by atoms with Crippen molar-refractivity contribution in [2.45, 2.75) is 37.6 Å². The van der Waals surface area contributed by atoms with Crippen molar-refractivity contribution in [2.24, 2.45) is 0 Å². The third kappa shape index (κ3) is 4.11. The number of anilines is 1. The highest BCUT2D eigenvalue weighted by Crippen LogP contribution is 2.33. The summed E-state index contributed by atoms with van der Waals surface area (Å²) in [6.07, 6.45) is -3.06. The second-order valence-electron chi connectivity index (χ2n) is 9.00. The van der Waals surface area contributed by atoms with Gasteiger partial charge in [-0.15, -0.1) is 10.2 Å². The molecule has 1 N–H and O–H groups in total. The first-order valence-corrected chi connectivity index (χ1v) is 11.7. The first-order valence-electron chi connectivity index (χ1n) is 12.2. The van der Waals surface area contributed by atoms with Gasteiger partial charge < -0.3 is 14.8 Å². The molecule has 0 unspecified atom stereocenters. The molecule has 0 radical (unpaired) electrons. The van der Waals surface area contributed by atoms with Gasteiger partial charge in [0.15, 0.2) is 0 Å². The van der Waals surface area contributed by atoms with Crippen LogP contribution in [-0.4, -0.2) is 92.6 Å². The Balaban J connectivity index is 1.32. The van der Waals surface area contributed by atoms with Crippen LogP contribution in [0.3, 0.4) is 0 Å². The number of rotatable bonds is 7. The van der Waals surface area contributed by atoms with Crippen molar-refractivity contribution in [2.75, 3.05) is 38.7 Å². The van der Waals surface area contributed by atoms with Crippen LogP contribution in [0, 0.1) is 0 Å². The summed E-state index contributed by atoms with van der Waals surface area (Å²) in [6, 6.07) is 6.52. The number of methoxy groups -OCH3 is 1. The van der Waals surface area contributed by atoms with E-state index in [1.165, 1.54) is 11.6 Å². The van der Waals surface area contributed by atoms with Crippen LogP contribution in [0.5, 0.6) is 5.88 Å². The number of aromatic nitrogens is 6. The van der Waals surface area contributed by atoms with Crippen molar-refractivity contribution in [1.82, 2.24) is 34.5 Å². The third-order valence-corrected chi connectivity index (χ3v) is 6.76. The molecule has 13 heteroatoms. The first kappa shape index (κ1) is 21.8. The largest absolute Gasteiger partial charge is 0.479 e. The van der Waals surface area contributed by atoms with Gasteiger partial charge in [0.05, 0.1) is 39.3 Å². The minimum atomic E-state index is -2.58. The first-order chi connectivity index (χ1) is 17.9. The van der Waals surface area contributed by atoms with Crippen LogP contribution in [0.4, 0.5) is 19.1 Å². The van der Waals surface area contributed by atoms with Gasteiger partial charge in [0, 0.05) is 24.8 Å². The van der Waals surface area contributed by atoms with Gasteiger partial charge in [-0.1, -0.05) is 11.3 Å². The molecule has 4 aromatic rings. The average Bonchev–Trinajstić information content (AvgIpc) is 3.39. The molecule has 2 atom stereocenters. The van der Waals surface area contributed by atoms with E-state index in [4.69, 9.17) is 10.8 Å².